The van der Waals surface area contributed by atoms with E-state index in [1.165, 1.54) is 6.07 Å². The molecular weight excluding hydrogens is 235 g/mol. The normalized spacial score (nSPS) is 11.1. The molecule has 0 saturated carbocycles. The first-order valence-corrected chi connectivity index (χ1v) is 4.68. The Kier molecular flexibility index (Phi) is 3.63. The zero-order valence-electron chi connectivity index (χ0n) is 7.22. The van der Waals surface area contributed by atoms with Crippen molar-refractivity contribution in [3.05, 3.63) is 39.6 Å². The third-order valence-electron chi connectivity index (χ3n) is 1.75. The highest BCUT2D eigenvalue weighted by molar-refractivity contribution is 9.10. The lowest BCUT2D eigenvalue weighted by atomic mass is 10.1. The molecule has 0 aliphatic heterocycles. The molecule has 0 amide bonds. The minimum atomic E-state index is -0.229. The smallest absolute Gasteiger partial charge is 0.127 e. The van der Waals surface area contributed by atoms with Crippen LogP contribution in [-0.2, 0) is 0 Å². The zero-order valence-corrected chi connectivity index (χ0v) is 8.81. The molecule has 0 fully saturated rings. The molecule has 1 N–H and O–H groups in total. The highest BCUT2D eigenvalue weighted by Gasteiger charge is 2.04. The first-order chi connectivity index (χ1) is 6.16. The predicted molar refractivity (Wildman–Crippen MR) is 55.0 cm³/mol. The summed E-state index contributed by atoms with van der Waals surface area (Å²) in [5, 5.41) is 8.57. The van der Waals surface area contributed by atoms with Gasteiger partial charge in [-0.25, -0.2) is 4.39 Å². The van der Waals surface area contributed by atoms with Gasteiger partial charge in [-0.3, -0.25) is 0 Å². The number of halogens is 2. The number of hydrogen-bond acceptors (Lipinski definition) is 1. The molecule has 0 saturated heterocycles. The molecule has 0 aromatic heterocycles. The molecule has 0 heterocycles. The molecule has 0 aliphatic rings. The molecule has 1 rings (SSSR count). The van der Waals surface area contributed by atoms with E-state index in [0.717, 1.165) is 10.0 Å². The van der Waals surface area contributed by atoms with Gasteiger partial charge in [0.25, 0.3) is 0 Å². The predicted octanol–water partition coefficient (Wildman–Crippen LogP) is 2.90. The Balaban J connectivity index is 3.11. The topological polar surface area (TPSA) is 20.2 Å². The van der Waals surface area contributed by atoms with Gasteiger partial charge in [-0.2, -0.15) is 0 Å². The van der Waals surface area contributed by atoms with E-state index in [0.29, 0.717) is 5.56 Å². The van der Waals surface area contributed by atoms with Crippen LogP contribution >= 0.6 is 15.9 Å². The van der Waals surface area contributed by atoms with Crippen molar-refractivity contribution in [3.63, 3.8) is 0 Å². The number of benzene rings is 1. The molecule has 1 aromatic carbocycles. The second-order valence-corrected chi connectivity index (χ2v) is 3.45. The van der Waals surface area contributed by atoms with E-state index < -0.39 is 0 Å². The summed E-state index contributed by atoms with van der Waals surface area (Å²) in [4.78, 5) is 0. The lowest BCUT2D eigenvalue weighted by Crippen LogP contribution is -1.87. The lowest BCUT2D eigenvalue weighted by Gasteiger charge is -2.03. The van der Waals surface area contributed by atoms with Crippen LogP contribution in [0.2, 0.25) is 0 Å². The van der Waals surface area contributed by atoms with Crippen LogP contribution in [0.4, 0.5) is 4.39 Å². The van der Waals surface area contributed by atoms with E-state index in [1.807, 2.05) is 0 Å². The van der Waals surface area contributed by atoms with Gasteiger partial charge in [-0.05, 0) is 40.0 Å². The average molecular weight is 245 g/mol. The fourth-order valence-corrected chi connectivity index (χ4v) is 1.44. The van der Waals surface area contributed by atoms with E-state index in [1.54, 1.807) is 25.1 Å². The number of hydrogen-bond donors (Lipinski definition) is 1. The third-order valence-corrected chi connectivity index (χ3v) is 2.81. The van der Waals surface area contributed by atoms with E-state index in [-0.39, 0.29) is 12.4 Å². The highest BCUT2D eigenvalue weighted by Crippen LogP contribution is 2.24. The summed E-state index contributed by atoms with van der Waals surface area (Å²) in [5.41, 5.74) is 1.45. The molecule has 1 aromatic rings. The lowest BCUT2D eigenvalue weighted by molar-refractivity contribution is 0.343. The van der Waals surface area contributed by atoms with Crippen LogP contribution in [0, 0.1) is 12.7 Å². The van der Waals surface area contributed by atoms with Crippen molar-refractivity contribution in [2.75, 3.05) is 6.61 Å². The fourth-order valence-electron chi connectivity index (χ4n) is 0.991. The van der Waals surface area contributed by atoms with Gasteiger partial charge in [0.15, 0.2) is 0 Å². The maximum Gasteiger partial charge on any atom is 0.127 e. The summed E-state index contributed by atoms with van der Waals surface area (Å²) >= 11 is 3.29. The first-order valence-electron chi connectivity index (χ1n) is 3.89. The zero-order chi connectivity index (χ0) is 9.84. The highest BCUT2D eigenvalue weighted by atomic mass is 79.9. The van der Waals surface area contributed by atoms with Crippen molar-refractivity contribution in [1.82, 2.24) is 0 Å². The number of aliphatic hydroxyl groups is 1. The fraction of sp³-hybridized carbons (Fsp3) is 0.200. The van der Waals surface area contributed by atoms with Gasteiger partial charge in [0.2, 0.25) is 0 Å². The number of rotatable bonds is 2. The monoisotopic (exact) mass is 244 g/mol. The molecule has 0 bridgehead atoms. The van der Waals surface area contributed by atoms with Crippen LogP contribution in [0.3, 0.4) is 0 Å². The second-order valence-electron chi connectivity index (χ2n) is 2.66. The van der Waals surface area contributed by atoms with E-state index in [4.69, 9.17) is 5.11 Å². The van der Waals surface area contributed by atoms with E-state index >= 15 is 0 Å². The van der Waals surface area contributed by atoms with Crippen molar-refractivity contribution in [2.45, 2.75) is 6.92 Å². The minimum absolute atomic E-state index is 0.0110. The largest absolute Gasteiger partial charge is 0.392 e. The summed E-state index contributed by atoms with van der Waals surface area (Å²) in [7, 11) is 0. The summed E-state index contributed by atoms with van der Waals surface area (Å²) in [5.74, 6) is -0.229. The number of aliphatic hydroxyl groups excluding tert-OH is 1. The van der Waals surface area contributed by atoms with Gasteiger partial charge >= 0.3 is 0 Å². The van der Waals surface area contributed by atoms with Gasteiger partial charge in [0, 0.05) is 4.47 Å². The average Bonchev–Trinajstić information content (AvgIpc) is 2.13. The Hall–Kier alpha value is -0.670. The summed E-state index contributed by atoms with van der Waals surface area (Å²) < 4.78 is 13.7. The molecule has 1 nitrogen and oxygen atoms in total. The van der Waals surface area contributed by atoms with Gasteiger partial charge < -0.3 is 5.11 Å². The Morgan fingerprint density at radius 3 is 2.85 bits per heavy atom. The van der Waals surface area contributed by atoms with Crippen LogP contribution in [0.1, 0.15) is 11.1 Å². The molecule has 70 valence electrons. The van der Waals surface area contributed by atoms with Crippen LogP contribution in [0.15, 0.2) is 22.7 Å². The summed E-state index contributed by atoms with van der Waals surface area (Å²) in [6.45, 7) is 1.69. The van der Waals surface area contributed by atoms with Crippen LogP contribution in [0.5, 0.6) is 0 Å². The van der Waals surface area contributed by atoms with Crippen molar-refractivity contribution < 1.29 is 9.50 Å². The van der Waals surface area contributed by atoms with Gasteiger partial charge in [0.1, 0.15) is 5.82 Å². The Morgan fingerprint density at radius 2 is 2.23 bits per heavy atom. The standard InChI is InChI=1S/C10H10BrFO/c1-7-9(12)5-4-8(10(7)11)3-2-6-13/h2-5,13H,6H2,1H3. The van der Waals surface area contributed by atoms with Crippen LogP contribution in [-0.4, -0.2) is 11.7 Å². The second kappa shape index (κ2) is 4.53. The quantitative estimate of drug-likeness (QED) is 0.849. The molecule has 0 unspecified atom stereocenters. The molecular formula is C10H10BrFO. The van der Waals surface area contributed by atoms with Crippen molar-refractivity contribution in [3.8, 4) is 0 Å². The molecule has 0 aliphatic carbocycles. The minimum Gasteiger partial charge on any atom is -0.392 e. The van der Waals surface area contributed by atoms with E-state index in [9.17, 15) is 4.39 Å². The molecule has 0 spiro atoms. The van der Waals surface area contributed by atoms with Gasteiger partial charge in [0.05, 0.1) is 6.61 Å². The Labute approximate surface area is 85.0 Å². The third kappa shape index (κ3) is 2.39. The maximum atomic E-state index is 13.0. The maximum absolute atomic E-state index is 13.0. The summed E-state index contributed by atoms with van der Waals surface area (Å²) in [6.07, 6.45) is 3.36. The van der Waals surface area contributed by atoms with Gasteiger partial charge in [-0.1, -0.05) is 18.2 Å². The van der Waals surface area contributed by atoms with Crippen LogP contribution < -0.4 is 0 Å². The molecule has 3 heteroatoms. The summed E-state index contributed by atoms with van der Waals surface area (Å²) in [6, 6.07) is 3.08. The van der Waals surface area contributed by atoms with Crippen molar-refractivity contribution in [1.29, 1.82) is 0 Å². The van der Waals surface area contributed by atoms with Crippen molar-refractivity contribution in [2.24, 2.45) is 0 Å². The molecule has 0 atom stereocenters. The Morgan fingerprint density at radius 1 is 1.54 bits per heavy atom. The molecule has 0 radical (unpaired) electrons. The SMILES string of the molecule is Cc1c(F)ccc(C=CCO)c1Br. The molecule has 13 heavy (non-hydrogen) atoms. The van der Waals surface area contributed by atoms with Crippen LogP contribution in [0.25, 0.3) is 6.08 Å². The van der Waals surface area contributed by atoms with Crippen molar-refractivity contribution >= 4 is 22.0 Å². The Bertz CT molecular complexity index is 334. The van der Waals surface area contributed by atoms with Gasteiger partial charge in [-0.15, -0.1) is 0 Å². The van der Waals surface area contributed by atoms with E-state index in [2.05, 4.69) is 15.9 Å². The first kappa shape index (κ1) is 10.4.